The van der Waals surface area contributed by atoms with Crippen LogP contribution in [-0.4, -0.2) is 21.6 Å². The summed E-state index contributed by atoms with van der Waals surface area (Å²) in [5.41, 5.74) is 8.93. The molecule has 2 aromatic carbocycles. The predicted molar refractivity (Wildman–Crippen MR) is 79.7 cm³/mol. The van der Waals surface area contributed by atoms with Crippen LogP contribution in [0.1, 0.15) is 17.3 Å². The Morgan fingerprint density at radius 1 is 1.15 bits per heavy atom. The maximum absolute atomic E-state index is 9.53. The molecule has 0 amide bonds. The first-order chi connectivity index (χ1) is 9.76. The summed E-state index contributed by atoms with van der Waals surface area (Å²) in [4.78, 5) is 7.93. The Hall–Kier alpha value is -2.33. The number of benzene rings is 2. The quantitative estimate of drug-likeness (QED) is 0.680. The van der Waals surface area contributed by atoms with Gasteiger partial charge in [0, 0.05) is 12.5 Å². The van der Waals surface area contributed by atoms with Gasteiger partial charge in [0.15, 0.2) is 0 Å². The van der Waals surface area contributed by atoms with E-state index in [-0.39, 0.29) is 11.7 Å². The van der Waals surface area contributed by atoms with Gasteiger partial charge in [-0.1, -0.05) is 24.3 Å². The molecule has 0 bridgehead atoms. The fourth-order valence-corrected chi connectivity index (χ4v) is 2.43. The number of nitrogens with zero attached hydrogens (tertiary/aromatic N) is 1. The Morgan fingerprint density at radius 2 is 2.00 bits per heavy atom. The second kappa shape index (κ2) is 5.35. The molecule has 0 aliphatic heterocycles. The summed E-state index contributed by atoms with van der Waals surface area (Å²) in [5.74, 6) is 1.30. The number of fused-ring (bicyclic) bond motifs is 1. The van der Waals surface area contributed by atoms with Crippen LogP contribution in [0.2, 0.25) is 0 Å². The molecule has 0 saturated carbocycles. The molecule has 0 radical (unpaired) electrons. The Kier molecular flexibility index (Phi) is 3.39. The number of hydrogen-bond donors (Lipinski definition) is 3. The summed E-state index contributed by atoms with van der Waals surface area (Å²) < 4.78 is 0. The van der Waals surface area contributed by atoms with Crippen LogP contribution in [0.15, 0.2) is 48.5 Å². The van der Waals surface area contributed by atoms with Crippen LogP contribution in [-0.2, 0) is 6.42 Å². The van der Waals surface area contributed by atoms with Crippen LogP contribution in [0, 0.1) is 0 Å². The van der Waals surface area contributed by atoms with E-state index in [1.807, 2.05) is 36.4 Å². The topological polar surface area (TPSA) is 74.9 Å². The van der Waals surface area contributed by atoms with Gasteiger partial charge >= 0.3 is 0 Å². The fraction of sp³-hybridized carbons (Fsp3) is 0.188. The van der Waals surface area contributed by atoms with Crippen molar-refractivity contribution in [3.8, 4) is 5.75 Å². The van der Waals surface area contributed by atoms with Gasteiger partial charge in [-0.25, -0.2) is 4.98 Å². The highest BCUT2D eigenvalue weighted by molar-refractivity contribution is 5.74. The van der Waals surface area contributed by atoms with Gasteiger partial charge in [0.1, 0.15) is 11.6 Å². The molecule has 4 heteroatoms. The Labute approximate surface area is 117 Å². The molecule has 3 aromatic rings. The summed E-state index contributed by atoms with van der Waals surface area (Å²) in [7, 11) is 0. The third-order valence-corrected chi connectivity index (χ3v) is 3.47. The van der Waals surface area contributed by atoms with Gasteiger partial charge in [-0.2, -0.15) is 0 Å². The molecule has 102 valence electrons. The van der Waals surface area contributed by atoms with Crippen molar-refractivity contribution >= 4 is 11.0 Å². The number of imidazole rings is 1. The van der Waals surface area contributed by atoms with Crippen molar-refractivity contribution in [3.05, 3.63) is 59.9 Å². The first-order valence-corrected chi connectivity index (χ1v) is 6.69. The number of phenols is 1. The average molecular weight is 267 g/mol. The standard InChI is InChI=1S/C16H17N3O/c17-10-12(8-11-4-3-5-13(20)9-11)16-18-14-6-1-2-7-15(14)19-16/h1-7,9,12,20H,8,10,17H2,(H,18,19). The van der Waals surface area contributed by atoms with E-state index >= 15 is 0 Å². The molecule has 1 aromatic heterocycles. The van der Waals surface area contributed by atoms with Gasteiger partial charge in [0.2, 0.25) is 0 Å². The highest BCUT2D eigenvalue weighted by Crippen LogP contribution is 2.22. The van der Waals surface area contributed by atoms with E-state index in [0.29, 0.717) is 6.54 Å². The Bertz CT molecular complexity index is 687. The number of aromatic hydroxyl groups is 1. The number of H-pyrrole nitrogens is 1. The summed E-state index contributed by atoms with van der Waals surface area (Å²) in [6, 6.07) is 15.2. The van der Waals surface area contributed by atoms with E-state index < -0.39 is 0 Å². The SMILES string of the molecule is NCC(Cc1cccc(O)c1)c1nc2ccccc2[nH]1. The largest absolute Gasteiger partial charge is 0.508 e. The number of nitrogens with one attached hydrogen (secondary N) is 1. The van der Waals surface area contributed by atoms with E-state index in [0.717, 1.165) is 28.8 Å². The lowest BCUT2D eigenvalue weighted by Crippen LogP contribution is -2.16. The maximum Gasteiger partial charge on any atom is 0.115 e. The number of rotatable bonds is 4. The normalized spacial score (nSPS) is 12.7. The summed E-state index contributed by atoms with van der Waals surface area (Å²) in [5, 5.41) is 9.53. The lowest BCUT2D eigenvalue weighted by Gasteiger charge is -2.12. The van der Waals surface area contributed by atoms with Gasteiger partial charge in [-0.3, -0.25) is 0 Å². The third-order valence-electron chi connectivity index (χ3n) is 3.47. The van der Waals surface area contributed by atoms with Gasteiger partial charge in [0.05, 0.1) is 11.0 Å². The van der Waals surface area contributed by atoms with Crippen molar-refractivity contribution in [2.24, 2.45) is 5.73 Å². The molecular formula is C16H17N3O. The van der Waals surface area contributed by atoms with Crippen molar-refractivity contribution in [2.75, 3.05) is 6.54 Å². The van der Waals surface area contributed by atoms with Gasteiger partial charge in [0.25, 0.3) is 0 Å². The molecular weight excluding hydrogens is 250 g/mol. The minimum absolute atomic E-state index is 0.115. The van der Waals surface area contributed by atoms with Crippen LogP contribution >= 0.6 is 0 Å². The summed E-state index contributed by atoms with van der Waals surface area (Å²) >= 11 is 0. The monoisotopic (exact) mass is 267 g/mol. The van der Waals surface area contributed by atoms with E-state index in [1.54, 1.807) is 12.1 Å². The highest BCUT2D eigenvalue weighted by atomic mass is 16.3. The number of nitrogens with two attached hydrogens (primary N) is 1. The predicted octanol–water partition coefficient (Wildman–Crippen LogP) is 2.55. The Balaban J connectivity index is 1.89. The number of aromatic nitrogens is 2. The maximum atomic E-state index is 9.53. The van der Waals surface area contributed by atoms with Crippen molar-refractivity contribution in [2.45, 2.75) is 12.3 Å². The zero-order valence-electron chi connectivity index (χ0n) is 11.1. The van der Waals surface area contributed by atoms with E-state index in [9.17, 15) is 5.11 Å². The molecule has 4 nitrogen and oxygen atoms in total. The molecule has 4 N–H and O–H groups in total. The third kappa shape index (κ3) is 2.51. The lowest BCUT2D eigenvalue weighted by atomic mass is 9.98. The van der Waals surface area contributed by atoms with Gasteiger partial charge < -0.3 is 15.8 Å². The minimum atomic E-state index is 0.115. The fourth-order valence-electron chi connectivity index (χ4n) is 2.43. The van der Waals surface area contributed by atoms with Crippen LogP contribution in [0.3, 0.4) is 0 Å². The highest BCUT2D eigenvalue weighted by Gasteiger charge is 2.15. The second-order valence-corrected chi connectivity index (χ2v) is 4.95. The molecule has 0 saturated heterocycles. The number of aromatic amines is 1. The molecule has 0 spiro atoms. The molecule has 1 atom stereocenters. The van der Waals surface area contributed by atoms with Crippen LogP contribution in [0.25, 0.3) is 11.0 Å². The number of hydrogen-bond acceptors (Lipinski definition) is 3. The molecule has 0 fully saturated rings. The van der Waals surface area contributed by atoms with Crippen molar-refractivity contribution < 1.29 is 5.11 Å². The smallest absolute Gasteiger partial charge is 0.115 e. The summed E-state index contributed by atoms with van der Waals surface area (Å²) in [6.07, 6.45) is 0.755. The molecule has 20 heavy (non-hydrogen) atoms. The van der Waals surface area contributed by atoms with Gasteiger partial charge in [-0.15, -0.1) is 0 Å². The van der Waals surface area contributed by atoms with Crippen molar-refractivity contribution in [1.29, 1.82) is 0 Å². The van der Waals surface area contributed by atoms with Gasteiger partial charge in [-0.05, 0) is 36.2 Å². The molecule has 3 rings (SSSR count). The Morgan fingerprint density at radius 3 is 2.75 bits per heavy atom. The molecule has 0 aliphatic carbocycles. The average Bonchev–Trinajstić information content (AvgIpc) is 2.88. The minimum Gasteiger partial charge on any atom is -0.508 e. The van der Waals surface area contributed by atoms with Crippen LogP contribution < -0.4 is 5.73 Å². The first-order valence-electron chi connectivity index (χ1n) is 6.69. The second-order valence-electron chi connectivity index (χ2n) is 4.95. The number of para-hydroxylation sites is 2. The van der Waals surface area contributed by atoms with E-state index in [1.165, 1.54) is 0 Å². The van der Waals surface area contributed by atoms with Crippen LogP contribution in [0.5, 0.6) is 5.75 Å². The zero-order chi connectivity index (χ0) is 13.9. The van der Waals surface area contributed by atoms with Crippen molar-refractivity contribution in [1.82, 2.24) is 9.97 Å². The van der Waals surface area contributed by atoms with E-state index in [4.69, 9.17) is 5.73 Å². The molecule has 1 unspecified atom stereocenters. The molecule has 1 heterocycles. The lowest BCUT2D eigenvalue weighted by molar-refractivity contribution is 0.474. The zero-order valence-corrected chi connectivity index (χ0v) is 11.1. The summed E-state index contributed by atoms with van der Waals surface area (Å²) in [6.45, 7) is 0.509. The molecule has 0 aliphatic rings. The van der Waals surface area contributed by atoms with E-state index in [2.05, 4.69) is 9.97 Å². The number of phenolic OH excluding ortho intramolecular Hbond substituents is 1. The van der Waals surface area contributed by atoms with Crippen molar-refractivity contribution in [3.63, 3.8) is 0 Å². The van der Waals surface area contributed by atoms with Crippen LogP contribution in [0.4, 0.5) is 0 Å². The first kappa shape index (κ1) is 12.7.